The summed E-state index contributed by atoms with van der Waals surface area (Å²) < 4.78 is 10.2. The maximum Gasteiger partial charge on any atom is 0.226 e. The summed E-state index contributed by atoms with van der Waals surface area (Å²) in [6.45, 7) is 2.48. The summed E-state index contributed by atoms with van der Waals surface area (Å²) in [4.78, 5) is 12.6. The Morgan fingerprint density at radius 3 is 2.63 bits per heavy atom. The molecule has 19 heavy (non-hydrogen) atoms. The first-order chi connectivity index (χ1) is 9.21. The first-order valence-electron chi connectivity index (χ1n) is 5.83. The fourth-order valence-corrected chi connectivity index (χ4v) is 1.58. The van der Waals surface area contributed by atoms with Crippen LogP contribution in [0.5, 0.6) is 11.8 Å². The molecule has 2 rings (SSSR count). The first kappa shape index (κ1) is 13.1. The van der Waals surface area contributed by atoms with Crippen LogP contribution < -0.4 is 14.8 Å². The van der Waals surface area contributed by atoms with Crippen molar-refractivity contribution in [2.75, 3.05) is 19.5 Å². The topological polar surface area (TPSA) is 69.2 Å². The van der Waals surface area contributed by atoms with Crippen molar-refractivity contribution in [2.45, 2.75) is 13.5 Å². The minimum Gasteiger partial charge on any atom is -0.481 e. The molecule has 2 aromatic heterocycles. The molecule has 0 aliphatic rings. The third-order valence-corrected chi connectivity index (χ3v) is 2.50. The predicted octanol–water partition coefficient (Wildman–Crippen LogP) is 1.81. The van der Waals surface area contributed by atoms with Crippen molar-refractivity contribution < 1.29 is 9.47 Å². The number of hydrogen-bond acceptors (Lipinski definition) is 6. The fourth-order valence-electron chi connectivity index (χ4n) is 1.58. The number of ether oxygens (including phenoxy) is 2. The highest BCUT2D eigenvalue weighted by molar-refractivity contribution is 5.32. The smallest absolute Gasteiger partial charge is 0.226 e. The van der Waals surface area contributed by atoms with Gasteiger partial charge < -0.3 is 14.8 Å². The molecule has 2 heterocycles. The molecule has 0 saturated heterocycles. The molecule has 0 atom stereocenters. The van der Waals surface area contributed by atoms with Gasteiger partial charge in [0.25, 0.3) is 0 Å². The van der Waals surface area contributed by atoms with E-state index in [2.05, 4.69) is 20.3 Å². The summed E-state index contributed by atoms with van der Waals surface area (Å²) in [7, 11) is 3.17. The van der Waals surface area contributed by atoms with E-state index in [1.807, 2.05) is 19.1 Å². The average Bonchev–Trinajstić information content (AvgIpc) is 2.44. The van der Waals surface area contributed by atoms with Crippen LogP contribution in [0.2, 0.25) is 0 Å². The lowest BCUT2D eigenvalue weighted by molar-refractivity contribution is 0.396. The zero-order valence-electron chi connectivity index (χ0n) is 11.2. The van der Waals surface area contributed by atoms with Gasteiger partial charge in [0.1, 0.15) is 0 Å². The molecule has 6 nitrogen and oxygen atoms in total. The minimum atomic E-state index is 0.535. The molecule has 100 valence electrons. The lowest BCUT2D eigenvalue weighted by Gasteiger charge is -2.08. The van der Waals surface area contributed by atoms with Gasteiger partial charge in [-0.2, -0.15) is 4.98 Å². The van der Waals surface area contributed by atoms with E-state index in [1.54, 1.807) is 26.5 Å². The largest absolute Gasteiger partial charge is 0.481 e. The van der Waals surface area contributed by atoms with Crippen LogP contribution in [-0.4, -0.2) is 29.2 Å². The monoisotopic (exact) mass is 260 g/mol. The van der Waals surface area contributed by atoms with E-state index in [1.165, 1.54) is 0 Å². The second-order valence-corrected chi connectivity index (χ2v) is 3.94. The maximum absolute atomic E-state index is 5.10. The lowest BCUT2D eigenvalue weighted by Crippen LogP contribution is -2.05. The van der Waals surface area contributed by atoms with Crippen molar-refractivity contribution in [3.8, 4) is 11.8 Å². The van der Waals surface area contributed by atoms with Gasteiger partial charge in [-0.05, 0) is 18.6 Å². The van der Waals surface area contributed by atoms with Gasteiger partial charge in [0.15, 0.2) is 0 Å². The summed E-state index contributed by atoms with van der Waals surface area (Å²) in [6, 6.07) is 5.54. The highest BCUT2D eigenvalue weighted by Gasteiger charge is 2.03. The van der Waals surface area contributed by atoms with Crippen molar-refractivity contribution in [1.29, 1.82) is 0 Å². The van der Waals surface area contributed by atoms with Crippen molar-refractivity contribution in [3.63, 3.8) is 0 Å². The molecule has 0 unspecified atom stereocenters. The molecule has 0 aliphatic heterocycles. The zero-order chi connectivity index (χ0) is 13.7. The van der Waals surface area contributed by atoms with E-state index in [4.69, 9.17) is 9.47 Å². The van der Waals surface area contributed by atoms with E-state index in [-0.39, 0.29) is 0 Å². The Morgan fingerprint density at radius 2 is 1.89 bits per heavy atom. The van der Waals surface area contributed by atoms with Gasteiger partial charge in [-0.1, -0.05) is 0 Å². The number of hydrogen-bond donors (Lipinski definition) is 1. The van der Waals surface area contributed by atoms with Gasteiger partial charge >= 0.3 is 0 Å². The normalized spacial score (nSPS) is 10.1. The predicted molar refractivity (Wildman–Crippen MR) is 71.4 cm³/mol. The summed E-state index contributed by atoms with van der Waals surface area (Å²) >= 11 is 0. The van der Waals surface area contributed by atoms with Crippen LogP contribution in [-0.2, 0) is 6.54 Å². The number of nitrogens with zero attached hydrogens (tertiary/aromatic N) is 3. The number of anilines is 1. The maximum atomic E-state index is 5.10. The van der Waals surface area contributed by atoms with Gasteiger partial charge in [0.05, 0.1) is 14.2 Å². The SMILES string of the molecule is COc1cc(CNc2nc(C)cc(OC)n2)ccn1. The Labute approximate surface area is 111 Å². The summed E-state index contributed by atoms with van der Waals surface area (Å²) in [5, 5.41) is 3.14. The van der Waals surface area contributed by atoms with E-state index in [0.29, 0.717) is 24.3 Å². The van der Waals surface area contributed by atoms with E-state index < -0.39 is 0 Å². The Bertz CT molecular complexity index is 560. The second-order valence-electron chi connectivity index (χ2n) is 3.94. The number of pyridine rings is 1. The van der Waals surface area contributed by atoms with Gasteiger partial charge in [-0.15, -0.1) is 0 Å². The number of aryl methyl sites for hydroxylation is 1. The standard InChI is InChI=1S/C13H16N4O2/c1-9-6-12(19-3)17-13(16-9)15-8-10-4-5-14-11(7-10)18-2/h4-7H,8H2,1-3H3,(H,15,16,17). The molecule has 1 N–H and O–H groups in total. The van der Waals surface area contributed by atoms with E-state index >= 15 is 0 Å². The number of aromatic nitrogens is 3. The lowest BCUT2D eigenvalue weighted by atomic mass is 10.2. The summed E-state index contributed by atoms with van der Waals surface area (Å²) in [6.07, 6.45) is 1.70. The van der Waals surface area contributed by atoms with Gasteiger partial charge in [-0.3, -0.25) is 0 Å². The molecule has 0 spiro atoms. The number of rotatable bonds is 5. The third-order valence-electron chi connectivity index (χ3n) is 2.50. The molecule has 6 heteroatoms. The Morgan fingerprint density at radius 1 is 1.11 bits per heavy atom. The number of methoxy groups -OCH3 is 2. The van der Waals surface area contributed by atoms with Crippen LogP contribution in [0.1, 0.15) is 11.3 Å². The van der Waals surface area contributed by atoms with Crippen molar-refractivity contribution >= 4 is 5.95 Å². The van der Waals surface area contributed by atoms with Crippen LogP contribution in [0.4, 0.5) is 5.95 Å². The Kier molecular flexibility index (Phi) is 4.12. The zero-order valence-corrected chi connectivity index (χ0v) is 11.2. The van der Waals surface area contributed by atoms with E-state index in [9.17, 15) is 0 Å². The highest BCUT2D eigenvalue weighted by atomic mass is 16.5. The van der Waals surface area contributed by atoms with Gasteiger partial charge in [-0.25, -0.2) is 9.97 Å². The molecular formula is C13H16N4O2. The minimum absolute atomic E-state index is 0.535. The van der Waals surface area contributed by atoms with Gasteiger partial charge in [0.2, 0.25) is 17.7 Å². The Balaban J connectivity index is 2.07. The van der Waals surface area contributed by atoms with Crippen LogP contribution in [0.25, 0.3) is 0 Å². The average molecular weight is 260 g/mol. The van der Waals surface area contributed by atoms with Crippen LogP contribution in [0.3, 0.4) is 0 Å². The van der Waals surface area contributed by atoms with Crippen LogP contribution in [0, 0.1) is 6.92 Å². The molecule has 0 amide bonds. The molecule has 0 bridgehead atoms. The Hall–Kier alpha value is -2.37. The highest BCUT2D eigenvalue weighted by Crippen LogP contribution is 2.13. The fraction of sp³-hybridized carbons (Fsp3) is 0.308. The van der Waals surface area contributed by atoms with Crippen molar-refractivity contribution in [2.24, 2.45) is 0 Å². The van der Waals surface area contributed by atoms with E-state index in [0.717, 1.165) is 11.3 Å². The molecule has 0 saturated carbocycles. The van der Waals surface area contributed by atoms with Crippen molar-refractivity contribution in [1.82, 2.24) is 15.0 Å². The summed E-state index contributed by atoms with van der Waals surface area (Å²) in [5.74, 6) is 1.66. The molecular weight excluding hydrogens is 244 g/mol. The summed E-state index contributed by atoms with van der Waals surface area (Å²) in [5.41, 5.74) is 1.89. The van der Waals surface area contributed by atoms with Gasteiger partial charge in [0, 0.05) is 30.6 Å². The molecule has 0 radical (unpaired) electrons. The first-order valence-corrected chi connectivity index (χ1v) is 5.83. The van der Waals surface area contributed by atoms with Crippen LogP contribution >= 0.6 is 0 Å². The number of nitrogens with one attached hydrogen (secondary N) is 1. The molecule has 2 aromatic rings. The van der Waals surface area contributed by atoms with Crippen molar-refractivity contribution in [3.05, 3.63) is 35.7 Å². The molecule has 0 aliphatic carbocycles. The molecule has 0 aromatic carbocycles. The van der Waals surface area contributed by atoms with Crippen LogP contribution in [0.15, 0.2) is 24.4 Å². The molecule has 0 fully saturated rings. The quantitative estimate of drug-likeness (QED) is 0.884. The third kappa shape index (κ3) is 3.54. The second kappa shape index (κ2) is 5.99.